The van der Waals surface area contributed by atoms with E-state index < -0.39 is 12.1 Å². The summed E-state index contributed by atoms with van der Waals surface area (Å²) in [7, 11) is 0. The van der Waals surface area contributed by atoms with Gasteiger partial charge in [0.05, 0.1) is 18.7 Å². The Kier molecular flexibility index (Phi) is 4.93. The van der Waals surface area contributed by atoms with Crippen molar-refractivity contribution in [2.75, 3.05) is 13.2 Å². The van der Waals surface area contributed by atoms with E-state index in [9.17, 15) is 9.59 Å². The number of Topliss-reactive ketones (excluding diaryl/α,β-unsaturated/α-hetero) is 1. The number of ketones is 1. The Balaban J connectivity index is 1.83. The van der Waals surface area contributed by atoms with Gasteiger partial charge in [-0.15, -0.1) is 0 Å². The number of carbonyl (C=O) groups excluding carboxylic acids is 2. The third kappa shape index (κ3) is 3.76. The van der Waals surface area contributed by atoms with E-state index in [4.69, 9.17) is 10.5 Å². The maximum Gasteiger partial charge on any atom is 0.237 e. The monoisotopic (exact) mass is 268 g/mol. The summed E-state index contributed by atoms with van der Waals surface area (Å²) in [4.78, 5) is 23.8. The van der Waals surface area contributed by atoms with Gasteiger partial charge in [0.25, 0.3) is 0 Å². The van der Waals surface area contributed by atoms with Gasteiger partial charge in [-0.1, -0.05) is 32.6 Å². The van der Waals surface area contributed by atoms with Crippen LogP contribution in [0.4, 0.5) is 0 Å². The van der Waals surface area contributed by atoms with Crippen LogP contribution in [-0.2, 0) is 14.3 Å². The molecule has 2 unspecified atom stereocenters. The zero-order chi connectivity index (χ0) is 13.8. The predicted octanol–water partition coefficient (Wildman–Crippen LogP) is 0.614. The smallest absolute Gasteiger partial charge is 0.237 e. The second-order valence-electron chi connectivity index (χ2n) is 5.94. The topological polar surface area (TPSA) is 81.4 Å². The zero-order valence-corrected chi connectivity index (χ0v) is 11.6. The first-order valence-corrected chi connectivity index (χ1v) is 7.24. The molecule has 0 bridgehead atoms. The van der Waals surface area contributed by atoms with Gasteiger partial charge in [0, 0.05) is 5.92 Å². The third-order valence-corrected chi connectivity index (χ3v) is 4.24. The summed E-state index contributed by atoms with van der Waals surface area (Å²) < 4.78 is 5.14. The Hall–Kier alpha value is -0.940. The first kappa shape index (κ1) is 14.5. The molecule has 1 heterocycles. The van der Waals surface area contributed by atoms with E-state index in [0.717, 1.165) is 6.42 Å². The van der Waals surface area contributed by atoms with E-state index in [1.54, 1.807) is 0 Å². The molecule has 0 aromatic carbocycles. The Labute approximate surface area is 114 Å². The van der Waals surface area contributed by atoms with Crippen LogP contribution in [-0.4, -0.2) is 37.0 Å². The SMILES string of the molecule is CC1COCC(=O)C1NC(=O)[C@@H](N)CC1CCCC1. The molecule has 1 aliphatic carbocycles. The molecule has 3 N–H and O–H groups in total. The molecule has 1 saturated carbocycles. The third-order valence-electron chi connectivity index (χ3n) is 4.24. The van der Waals surface area contributed by atoms with Crippen molar-refractivity contribution in [3.8, 4) is 0 Å². The van der Waals surface area contributed by atoms with Crippen LogP contribution >= 0.6 is 0 Å². The molecule has 5 heteroatoms. The summed E-state index contributed by atoms with van der Waals surface area (Å²) >= 11 is 0. The maximum atomic E-state index is 12.1. The summed E-state index contributed by atoms with van der Waals surface area (Å²) in [6.07, 6.45) is 5.57. The molecule has 108 valence electrons. The van der Waals surface area contributed by atoms with Gasteiger partial charge in [-0.05, 0) is 12.3 Å². The van der Waals surface area contributed by atoms with Crippen molar-refractivity contribution in [3.63, 3.8) is 0 Å². The van der Waals surface area contributed by atoms with Crippen molar-refractivity contribution in [2.45, 2.75) is 51.1 Å². The first-order valence-electron chi connectivity index (χ1n) is 7.24. The van der Waals surface area contributed by atoms with Gasteiger partial charge in [-0.25, -0.2) is 0 Å². The molecule has 3 atom stereocenters. The van der Waals surface area contributed by atoms with Crippen molar-refractivity contribution >= 4 is 11.7 Å². The molecule has 19 heavy (non-hydrogen) atoms. The average molecular weight is 268 g/mol. The normalized spacial score (nSPS) is 30.3. The summed E-state index contributed by atoms with van der Waals surface area (Å²) in [5, 5.41) is 2.80. The van der Waals surface area contributed by atoms with Gasteiger partial charge in [-0.3, -0.25) is 9.59 Å². The molecule has 0 aromatic rings. The highest BCUT2D eigenvalue weighted by Crippen LogP contribution is 2.28. The van der Waals surface area contributed by atoms with Crippen molar-refractivity contribution in [3.05, 3.63) is 0 Å². The van der Waals surface area contributed by atoms with Crippen LogP contribution in [0.25, 0.3) is 0 Å². The highest BCUT2D eigenvalue weighted by atomic mass is 16.5. The van der Waals surface area contributed by atoms with Crippen molar-refractivity contribution in [2.24, 2.45) is 17.6 Å². The van der Waals surface area contributed by atoms with E-state index in [2.05, 4.69) is 5.32 Å². The first-order chi connectivity index (χ1) is 9.08. The zero-order valence-electron chi connectivity index (χ0n) is 11.6. The predicted molar refractivity (Wildman–Crippen MR) is 71.5 cm³/mol. The standard InChI is InChI=1S/C14H24N2O3/c1-9-7-19-8-12(17)13(9)16-14(18)11(15)6-10-4-2-3-5-10/h9-11,13H,2-8,15H2,1H3,(H,16,18)/t9?,11-,13?/m0/s1. The molecule has 5 nitrogen and oxygen atoms in total. The van der Waals surface area contributed by atoms with Gasteiger partial charge >= 0.3 is 0 Å². The number of hydrogen-bond donors (Lipinski definition) is 2. The molecule has 1 aliphatic heterocycles. The molecule has 1 amide bonds. The largest absolute Gasteiger partial charge is 0.373 e. The second kappa shape index (κ2) is 6.48. The lowest BCUT2D eigenvalue weighted by Crippen LogP contribution is -2.54. The van der Waals surface area contributed by atoms with Crippen LogP contribution in [0.2, 0.25) is 0 Å². The molecule has 2 aliphatic rings. The lowest BCUT2D eigenvalue weighted by molar-refractivity contribution is -0.137. The molecule has 2 rings (SSSR count). The number of nitrogens with one attached hydrogen (secondary N) is 1. The average Bonchev–Trinajstić information content (AvgIpc) is 2.86. The molecule has 0 radical (unpaired) electrons. The minimum atomic E-state index is -0.494. The number of rotatable bonds is 4. The van der Waals surface area contributed by atoms with E-state index >= 15 is 0 Å². The number of carbonyl (C=O) groups is 2. The summed E-state index contributed by atoms with van der Waals surface area (Å²) in [6, 6.07) is -0.929. The maximum absolute atomic E-state index is 12.1. The number of ether oxygens (including phenoxy) is 1. The fourth-order valence-electron chi connectivity index (χ4n) is 3.04. The number of amides is 1. The highest BCUT2D eigenvalue weighted by Gasteiger charge is 2.32. The molecule has 0 spiro atoms. The molecule has 0 aromatic heterocycles. The summed E-state index contributed by atoms with van der Waals surface area (Å²) in [5.74, 6) is 0.339. The van der Waals surface area contributed by atoms with Gasteiger partial charge in [-0.2, -0.15) is 0 Å². The lowest BCUT2D eigenvalue weighted by atomic mass is 9.94. The second-order valence-corrected chi connectivity index (χ2v) is 5.94. The van der Waals surface area contributed by atoms with Gasteiger partial charge in [0.1, 0.15) is 6.61 Å². The number of nitrogens with two attached hydrogens (primary N) is 1. The van der Waals surface area contributed by atoms with Crippen LogP contribution in [0, 0.1) is 11.8 Å². The highest BCUT2D eigenvalue weighted by molar-refractivity contribution is 5.92. The van der Waals surface area contributed by atoms with E-state index in [1.165, 1.54) is 25.7 Å². The van der Waals surface area contributed by atoms with E-state index in [-0.39, 0.29) is 24.2 Å². The fraction of sp³-hybridized carbons (Fsp3) is 0.857. The van der Waals surface area contributed by atoms with E-state index in [1.807, 2.05) is 6.92 Å². The summed E-state index contributed by atoms with van der Waals surface area (Å²) in [5.41, 5.74) is 5.95. The van der Waals surface area contributed by atoms with E-state index in [0.29, 0.717) is 12.5 Å². The van der Waals surface area contributed by atoms with Crippen molar-refractivity contribution in [1.29, 1.82) is 0 Å². The minimum absolute atomic E-state index is 0.0175. The van der Waals surface area contributed by atoms with Gasteiger partial charge < -0.3 is 15.8 Å². The quantitative estimate of drug-likeness (QED) is 0.783. The van der Waals surface area contributed by atoms with Crippen LogP contribution in [0.1, 0.15) is 39.0 Å². The Morgan fingerprint density at radius 3 is 2.79 bits per heavy atom. The summed E-state index contributed by atoms with van der Waals surface area (Å²) in [6.45, 7) is 2.51. The number of hydrogen-bond acceptors (Lipinski definition) is 4. The van der Waals surface area contributed by atoms with Gasteiger partial charge in [0.15, 0.2) is 5.78 Å². The molecule has 2 fully saturated rings. The lowest BCUT2D eigenvalue weighted by Gasteiger charge is -2.29. The minimum Gasteiger partial charge on any atom is -0.373 e. The van der Waals surface area contributed by atoms with Crippen LogP contribution in [0.15, 0.2) is 0 Å². The van der Waals surface area contributed by atoms with Crippen molar-refractivity contribution in [1.82, 2.24) is 5.32 Å². The van der Waals surface area contributed by atoms with Crippen LogP contribution < -0.4 is 11.1 Å². The molecular weight excluding hydrogens is 244 g/mol. The Morgan fingerprint density at radius 1 is 1.47 bits per heavy atom. The van der Waals surface area contributed by atoms with Crippen LogP contribution in [0.3, 0.4) is 0 Å². The van der Waals surface area contributed by atoms with Gasteiger partial charge in [0.2, 0.25) is 5.91 Å². The Bertz CT molecular complexity index is 340. The fourth-order valence-corrected chi connectivity index (χ4v) is 3.04. The van der Waals surface area contributed by atoms with Crippen molar-refractivity contribution < 1.29 is 14.3 Å². The van der Waals surface area contributed by atoms with Crippen LogP contribution in [0.5, 0.6) is 0 Å². The Morgan fingerprint density at radius 2 is 2.16 bits per heavy atom. The molecule has 1 saturated heterocycles. The molecular formula is C14H24N2O3.